The Morgan fingerprint density at radius 2 is 2.10 bits per heavy atom. The van der Waals surface area contributed by atoms with Crippen LogP contribution in [0.2, 0.25) is 5.02 Å². The maximum atomic E-state index is 12.5. The molecule has 0 amide bonds. The van der Waals surface area contributed by atoms with E-state index in [1.54, 1.807) is 0 Å². The number of thiophene rings is 1. The summed E-state index contributed by atoms with van der Waals surface area (Å²) in [6.45, 7) is 0.861. The Kier molecular flexibility index (Phi) is 5.70. The first kappa shape index (κ1) is 17.2. The molecule has 1 N–H and O–H groups in total. The van der Waals surface area contributed by atoms with Crippen LogP contribution in [0.1, 0.15) is 25.7 Å². The van der Waals surface area contributed by atoms with Crippen molar-refractivity contribution in [3.05, 3.63) is 14.9 Å². The van der Waals surface area contributed by atoms with Gasteiger partial charge in [-0.15, -0.1) is 11.3 Å². The molecule has 9 heteroatoms. The molecule has 1 aromatic rings. The van der Waals surface area contributed by atoms with Gasteiger partial charge in [0, 0.05) is 19.5 Å². The standard InChI is InChI=1S/C12H15BrClNO4S2/c13-12-9(14)7-11(20-12)21(18,19)15-5-3-8(4-6-15)1-2-10(16)17/h7-8H,1-6H2,(H,16,17). The van der Waals surface area contributed by atoms with Crippen LogP contribution in [0.3, 0.4) is 0 Å². The highest BCUT2D eigenvalue weighted by Gasteiger charge is 2.31. The maximum absolute atomic E-state index is 12.5. The molecular formula is C12H15BrClNO4S2. The average molecular weight is 417 g/mol. The van der Waals surface area contributed by atoms with Crippen LogP contribution in [0.25, 0.3) is 0 Å². The Morgan fingerprint density at radius 1 is 1.48 bits per heavy atom. The number of nitrogens with zero attached hydrogens (tertiary/aromatic N) is 1. The van der Waals surface area contributed by atoms with Gasteiger partial charge in [0.2, 0.25) is 0 Å². The summed E-state index contributed by atoms with van der Waals surface area (Å²) in [6.07, 6.45) is 2.16. The van der Waals surface area contributed by atoms with E-state index < -0.39 is 16.0 Å². The minimum atomic E-state index is -3.50. The molecule has 0 atom stereocenters. The van der Waals surface area contributed by atoms with Gasteiger partial charge >= 0.3 is 5.97 Å². The average Bonchev–Trinajstić information content (AvgIpc) is 2.77. The third kappa shape index (κ3) is 4.19. The number of hydrogen-bond donors (Lipinski definition) is 1. The van der Waals surface area contributed by atoms with E-state index in [0.717, 1.165) is 11.3 Å². The SMILES string of the molecule is O=C(O)CCC1CCN(S(=O)(=O)c2cc(Cl)c(Br)s2)CC1. The van der Waals surface area contributed by atoms with Crippen molar-refractivity contribution in [3.8, 4) is 0 Å². The highest BCUT2D eigenvalue weighted by Crippen LogP contribution is 2.37. The fraction of sp³-hybridized carbons (Fsp3) is 0.583. The van der Waals surface area contributed by atoms with Crippen LogP contribution >= 0.6 is 38.9 Å². The highest BCUT2D eigenvalue weighted by atomic mass is 79.9. The van der Waals surface area contributed by atoms with E-state index in [4.69, 9.17) is 16.7 Å². The summed E-state index contributed by atoms with van der Waals surface area (Å²) in [4.78, 5) is 10.6. The molecule has 1 fully saturated rings. The normalized spacial score (nSPS) is 18.0. The zero-order chi connectivity index (χ0) is 15.6. The zero-order valence-corrected chi connectivity index (χ0v) is 15.1. The van der Waals surface area contributed by atoms with Crippen molar-refractivity contribution in [1.82, 2.24) is 4.31 Å². The van der Waals surface area contributed by atoms with E-state index >= 15 is 0 Å². The van der Waals surface area contributed by atoms with Crippen LogP contribution in [-0.4, -0.2) is 36.9 Å². The topological polar surface area (TPSA) is 74.7 Å². The second-order valence-electron chi connectivity index (χ2n) is 4.97. The van der Waals surface area contributed by atoms with Crippen LogP contribution < -0.4 is 0 Å². The Labute approximate surface area is 141 Å². The Morgan fingerprint density at radius 3 is 2.57 bits per heavy atom. The summed E-state index contributed by atoms with van der Waals surface area (Å²) in [5.41, 5.74) is 0. The third-order valence-electron chi connectivity index (χ3n) is 3.56. The lowest BCUT2D eigenvalue weighted by Gasteiger charge is -2.30. The molecule has 2 rings (SSSR count). The first-order chi connectivity index (χ1) is 9.80. The van der Waals surface area contributed by atoms with E-state index in [0.29, 0.717) is 41.2 Å². The van der Waals surface area contributed by atoms with Crippen LogP contribution in [0, 0.1) is 5.92 Å². The lowest BCUT2D eigenvalue weighted by atomic mass is 9.93. The van der Waals surface area contributed by atoms with Crippen molar-refractivity contribution < 1.29 is 18.3 Å². The maximum Gasteiger partial charge on any atom is 0.303 e. The van der Waals surface area contributed by atoms with Gasteiger partial charge in [-0.1, -0.05) is 11.6 Å². The van der Waals surface area contributed by atoms with E-state index in [-0.39, 0.29) is 16.5 Å². The van der Waals surface area contributed by atoms with Gasteiger partial charge in [0.15, 0.2) is 0 Å². The monoisotopic (exact) mass is 415 g/mol. The summed E-state index contributed by atoms with van der Waals surface area (Å²) in [5.74, 6) is -0.519. The number of rotatable bonds is 5. The number of piperidine rings is 1. The molecule has 1 aromatic heterocycles. The highest BCUT2D eigenvalue weighted by molar-refractivity contribution is 9.11. The summed E-state index contributed by atoms with van der Waals surface area (Å²) in [6, 6.07) is 1.46. The van der Waals surface area contributed by atoms with Crippen molar-refractivity contribution in [2.45, 2.75) is 29.9 Å². The Balaban J connectivity index is 1.99. The molecule has 0 spiro atoms. The van der Waals surface area contributed by atoms with E-state index in [9.17, 15) is 13.2 Å². The minimum Gasteiger partial charge on any atom is -0.481 e. The van der Waals surface area contributed by atoms with Gasteiger partial charge in [0.25, 0.3) is 10.0 Å². The fourth-order valence-electron chi connectivity index (χ4n) is 2.35. The summed E-state index contributed by atoms with van der Waals surface area (Å²) >= 11 is 10.2. The zero-order valence-electron chi connectivity index (χ0n) is 11.1. The van der Waals surface area contributed by atoms with Crippen molar-refractivity contribution in [2.75, 3.05) is 13.1 Å². The predicted octanol–water partition coefficient (Wildman–Crippen LogP) is 3.43. The predicted molar refractivity (Wildman–Crippen MR) is 85.4 cm³/mol. The number of halogens is 2. The summed E-state index contributed by atoms with van der Waals surface area (Å²) in [7, 11) is -3.50. The molecule has 0 unspecified atom stereocenters. The first-order valence-corrected chi connectivity index (χ1v) is 9.90. The van der Waals surface area contributed by atoms with E-state index in [2.05, 4.69) is 15.9 Å². The van der Waals surface area contributed by atoms with Gasteiger partial charge in [0.1, 0.15) is 4.21 Å². The van der Waals surface area contributed by atoms with Crippen LogP contribution in [-0.2, 0) is 14.8 Å². The molecule has 0 radical (unpaired) electrons. The summed E-state index contributed by atoms with van der Waals surface area (Å²) < 4.78 is 27.3. The first-order valence-electron chi connectivity index (χ1n) is 6.47. The molecule has 0 bridgehead atoms. The van der Waals surface area contributed by atoms with Gasteiger partial charge in [-0.2, -0.15) is 4.31 Å². The Hall–Kier alpha value is -0.150. The van der Waals surface area contributed by atoms with Crippen molar-refractivity contribution in [3.63, 3.8) is 0 Å². The summed E-state index contributed by atoms with van der Waals surface area (Å²) in [5, 5.41) is 9.08. The lowest BCUT2D eigenvalue weighted by Crippen LogP contribution is -2.38. The largest absolute Gasteiger partial charge is 0.481 e. The number of sulfonamides is 1. The van der Waals surface area contributed by atoms with Crippen molar-refractivity contribution >= 4 is 54.9 Å². The van der Waals surface area contributed by atoms with Gasteiger partial charge in [-0.05, 0) is 47.2 Å². The van der Waals surface area contributed by atoms with Crippen molar-refractivity contribution in [1.29, 1.82) is 0 Å². The quantitative estimate of drug-likeness (QED) is 0.798. The number of carbonyl (C=O) groups is 1. The molecule has 0 saturated carbocycles. The van der Waals surface area contributed by atoms with Crippen molar-refractivity contribution in [2.24, 2.45) is 5.92 Å². The molecular weight excluding hydrogens is 402 g/mol. The third-order valence-corrected chi connectivity index (χ3v) is 8.38. The van der Waals surface area contributed by atoms with Crippen LogP contribution in [0.4, 0.5) is 0 Å². The molecule has 21 heavy (non-hydrogen) atoms. The minimum absolute atomic E-state index is 0.144. The Bertz CT molecular complexity index is 604. The van der Waals surface area contributed by atoms with Gasteiger partial charge in [0.05, 0.1) is 8.81 Å². The fourth-order valence-corrected chi connectivity index (χ4v) is 6.37. The molecule has 0 aromatic carbocycles. The van der Waals surface area contributed by atoms with E-state index in [1.165, 1.54) is 10.4 Å². The van der Waals surface area contributed by atoms with E-state index in [1.807, 2.05) is 0 Å². The smallest absolute Gasteiger partial charge is 0.303 e. The molecule has 0 aliphatic carbocycles. The second-order valence-corrected chi connectivity index (χ2v) is 9.91. The number of hydrogen-bond acceptors (Lipinski definition) is 4. The van der Waals surface area contributed by atoms with Crippen LogP contribution in [0.5, 0.6) is 0 Å². The molecule has 1 aliphatic rings. The second kappa shape index (κ2) is 6.95. The molecule has 5 nitrogen and oxygen atoms in total. The van der Waals surface area contributed by atoms with Crippen LogP contribution in [0.15, 0.2) is 14.1 Å². The van der Waals surface area contributed by atoms with Gasteiger partial charge < -0.3 is 5.11 Å². The molecule has 1 aliphatic heterocycles. The number of carboxylic acids is 1. The lowest BCUT2D eigenvalue weighted by molar-refractivity contribution is -0.137. The van der Waals surface area contributed by atoms with Gasteiger partial charge in [-0.25, -0.2) is 8.42 Å². The molecule has 1 saturated heterocycles. The molecule has 118 valence electrons. The van der Waals surface area contributed by atoms with Gasteiger partial charge in [-0.3, -0.25) is 4.79 Å². The molecule has 2 heterocycles. The number of carboxylic acid groups (broad SMARTS) is 1. The number of aliphatic carboxylic acids is 1.